The van der Waals surface area contributed by atoms with Crippen LogP contribution in [0.3, 0.4) is 0 Å². The lowest BCUT2D eigenvalue weighted by molar-refractivity contribution is -0.352. The highest BCUT2D eigenvalue weighted by Gasteiger charge is 1.86. The first-order valence-corrected chi connectivity index (χ1v) is 2.35. The molecule has 0 fully saturated rings. The Kier molecular flexibility index (Phi) is 3.88. The number of hydrogen-bond donors (Lipinski definition) is 1. The molecule has 0 saturated carbocycles. The molecule has 0 rings (SSSR count). The number of hydrogen-bond acceptors (Lipinski definition) is 2. The van der Waals surface area contributed by atoms with Crippen LogP contribution in [0.2, 0.25) is 0 Å². The van der Waals surface area contributed by atoms with E-state index in [0.29, 0.717) is 6.54 Å². The molecule has 0 aromatic heterocycles. The van der Waals surface area contributed by atoms with E-state index >= 15 is 0 Å². The van der Waals surface area contributed by atoms with Gasteiger partial charge < -0.3 is 10.5 Å². The van der Waals surface area contributed by atoms with Crippen molar-refractivity contribution in [2.24, 2.45) is 0 Å². The molecule has 0 unspecified atom stereocenters. The fourth-order valence-electron chi connectivity index (χ4n) is 0.248. The zero-order valence-electron chi connectivity index (χ0n) is 4.89. The van der Waals surface area contributed by atoms with Crippen LogP contribution in [-0.4, -0.2) is 19.6 Å². The Balaban J connectivity index is 3.37. The van der Waals surface area contributed by atoms with Crippen LogP contribution in [-0.2, 0) is 9.53 Å². The quantitative estimate of drug-likeness (QED) is 0.370. The van der Waals surface area contributed by atoms with Crippen LogP contribution in [0.5, 0.6) is 0 Å². The smallest absolute Gasteiger partial charge is 0.330 e. The van der Waals surface area contributed by atoms with Crippen LogP contribution in [0.25, 0.3) is 0 Å². The molecule has 46 valence electrons. The zero-order valence-corrected chi connectivity index (χ0v) is 4.89. The second-order valence-electron chi connectivity index (χ2n) is 1.21. The lowest BCUT2D eigenvalue weighted by atomic mass is 10.5. The number of carbonyl (C=O) groups is 1. The Morgan fingerprint density at radius 3 is 2.88 bits per heavy atom. The lowest BCUT2D eigenvalue weighted by Gasteiger charge is -1.85. The SMILES string of the molecule is COC(=O)/C=C/C[NH3+]. The molecule has 0 aromatic rings. The first kappa shape index (κ1) is 7.17. The van der Waals surface area contributed by atoms with Gasteiger partial charge in [0.2, 0.25) is 0 Å². The van der Waals surface area contributed by atoms with E-state index in [0.717, 1.165) is 0 Å². The Morgan fingerprint density at radius 1 is 1.88 bits per heavy atom. The molecule has 8 heavy (non-hydrogen) atoms. The topological polar surface area (TPSA) is 53.9 Å². The summed E-state index contributed by atoms with van der Waals surface area (Å²) in [7, 11) is 1.34. The molecule has 3 heteroatoms. The maximum atomic E-state index is 10.2. The molecule has 0 aromatic carbocycles. The van der Waals surface area contributed by atoms with Crippen LogP contribution < -0.4 is 5.73 Å². The van der Waals surface area contributed by atoms with Crippen molar-refractivity contribution in [3.63, 3.8) is 0 Å². The maximum absolute atomic E-state index is 10.2. The maximum Gasteiger partial charge on any atom is 0.330 e. The molecular formula is C5H10NO2+. The van der Waals surface area contributed by atoms with Gasteiger partial charge in [-0.05, 0) is 6.08 Å². The van der Waals surface area contributed by atoms with Gasteiger partial charge in [-0.2, -0.15) is 0 Å². The van der Waals surface area contributed by atoms with Crippen molar-refractivity contribution in [2.45, 2.75) is 0 Å². The van der Waals surface area contributed by atoms with Crippen LogP contribution in [0.1, 0.15) is 0 Å². The summed E-state index contributed by atoms with van der Waals surface area (Å²) >= 11 is 0. The van der Waals surface area contributed by atoms with E-state index < -0.39 is 0 Å². The second kappa shape index (κ2) is 4.33. The van der Waals surface area contributed by atoms with Gasteiger partial charge in [0, 0.05) is 6.08 Å². The minimum Gasteiger partial charge on any atom is -0.466 e. The standard InChI is InChI=1S/C5H9NO2/c1-8-5(7)3-2-4-6/h2-3H,4,6H2,1H3/p+1/b3-2+. The van der Waals surface area contributed by atoms with Crippen molar-refractivity contribution in [1.82, 2.24) is 0 Å². The molecule has 0 radical (unpaired) electrons. The van der Waals surface area contributed by atoms with Crippen molar-refractivity contribution in [1.29, 1.82) is 0 Å². The summed E-state index contributed by atoms with van der Waals surface area (Å²) < 4.78 is 4.30. The average molecular weight is 116 g/mol. The summed E-state index contributed by atoms with van der Waals surface area (Å²) in [6.45, 7) is 0.620. The minimum atomic E-state index is -0.325. The summed E-state index contributed by atoms with van der Waals surface area (Å²) in [5, 5.41) is 0. The van der Waals surface area contributed by atoms with Gasteiger partial charge in [0.1, 0.15) is 0 Å². The highest BCUT2D eigenvalue weighted by molar-refractivity contribution is 5.81. The van der Waals surface area contributed by atoms with Gasteiger partial charge in [-0.25, -0.2) is 4.79 Å². The van der Waals surface area contributed by atoms with E-state index in [-0.39, 0.29) is 5.97 Å². The number of esters is 1. The normalized spacial score (nSPS) is 9.75. The molecule has 0 aliphatic heterocycles. The summed E-state index contributed by atoms with van der Waals surface area (Å²) in [4.78, 5) is 10.2. The summed E-state index contributed by atoms with van der Waals surface area (Å²) in [5.41, 5.74) is 3.50. The van der Waals surface area contributed by atoms with Crippen molar-refractivity contribution < 1.29 is 15.3 Å². The number of ether oxygens (including phenoxy) is 1. The van der Waals surface area contributed by atoms with Gasteiger partial charge in [0.15, 0.2) is 0 Å². The molecular weight excluding hydrogens is 106 g/mol. The molecule has 0 aliphatic rings. The van der Waals surface area contributed by atoms with E-state index in [1.165, 1.54) is 13.2 Å². The number of methoxy groups -OCH3 is 1. The van der Waals surface area contributed by atoms with Gasteiger partial charge in [0.25, 0.3) is 0 Å². The second-order valence-corrected chi connectivity index (χ2v) is 1.21. The Bertz CT molecular complexity index is 98.6. The molecule has 0 atom stereocenters. The molecule has 0 heterocycles. The number of carbonyl (C=O) groups excluding carboxylic acids is 1. The van der Waals surface area contributed by atoms with Crippen LogP contribution in [0.15, 0.2) is 12.2 Å². The first-order valence-electron chi connectivity index (χ1n) is 2.35. The highest BCUT2D eigenvalue weighted by Crippen LogP contribution is 1.73. The zero-order chi connectivity index (χ0) is 6.41. The third-order valence-electron chi connectivity index (χ3n) is 0.622. The van der Waals surface area contributed by atoms with Crippen LogP contribution >= 0.6 is 0 Å². The number of quaternary nitrogens is 1. The molecule has 0 spiro atoms. The van der Waals surface area contributed by atoms with E-state index in [2.05, 4.69) is 10.5 Å². The fourth-order valence-corrected chi connectivity index (χ4v) is 0.248. The molecule has 0 bridgehead atoms. The van der Waals surface area contributed by atoms with E-state index in [4.69, 9.17) is 0 Å². The highest BCUT2D eigenvalue weighted by atomic mass is 16.5. The first-order chi connectivity index (χ1) is 3.81. The van der Waals surface area contributed by atoms with E-state index in [1.807, 2.05) is 0 Å². The van der Waals surface area contributed by atoms with E-state index in [1.54, 1.807) is 6.08 Å². The Morgan fingerprint density at radius 2 is 2.50 bits per heavy atom. The fraction of sp³-hybridized carbons (Fsp3) is 0.400. The van der Waals surface area contributed by atoms with Gasteiger partial charge >= 0.3 is 5.97 Å². The summed E-state index contributed by atoms with van der Waals surface area (Å²) in [6, 6.07) is 0. The summed E-state index contributed by atoms with van der Waals surface area (Å²) in [6.07, 6.45) is 3.00. The third kappa shape index (κ3) is 3.36. The third-order valence-corrected chi connectivity index (χ3v) is 0.622. The van der Waals surface area contributed by atoms with Crippen molar-refractivity contribution >= 4 is 5.97 Å². The average Bonchev–Trinajstić information content (AvgIpc) is 1.83. The lowest BCUT2D eigenvalue weighted by Crippen LogP contribution is -2.49. The van der Waals surface area contributed by atoms with Crippen molar-refractivity contribution in [3.8, 4) is 0 Å². The monoisotopic (exact) mass is 116 g/mol. The molecule has 0 amide bonds. The largest absolute Gasteiger partial charge is 0.466 e. The number of rotatable bonds is 2. The minimum absolute atomic E-state index is 0.325. The Hall–Kier alpha value is -0.830. The molecule has 3 nitrogen and oxygen atoms in total. The molecule has 3 N–H and O–H groups in total. The predicted molar refractivity (Wildman–Crippen MR) is 28.9 cm³/mol. The molecule has 0 aliphatic carbocycles. The van der Waals surface area contributed by atoms with Gasteiger partial charge in [-0.15, -0.1) is 0 Å². The van der Waals surface area contributed by atoms with Crippen LogP contribution in [0.4, 0.5) is 0 Å². The van der Waals surface area contributed by atoms with Crippen molar-refractivity contribution in [2.75, 3.05) is 13.7 Å². The van der Waals surface area contributed by atoms with Gasteiger partial charge in [-0.3, -0.25) is 0 Å². The van der Waals surface area contributed by atoms with Gasteiger partial charge in [-0.1, -0.05) is 0 Å². The molecule has 0 saturated heterocycles. The predicted octanol–water partition coefficient (Wildman–Crippen LogP) is -1.04. The Labute approximate surface area is 48.1 Å². The van der Waals surface area contributed by atoms with Crippen LogP contribution in [0, 0.1) is 0 Å². The van der Waals surface area contributed by atoms with E-state index in [9.17, 15) is 4.79 Å². The van der Waals surface area contributed by atoms with Gasteiger partial charge in [0.05, 0.1) is 13.7 Å². The van der Waals surface area contributed by atoms with Crippen molar-refractivity contribution in [3.05, 3.63) is 12.2 Å². The summed E-state index contributed by atoms with van der Waals surface area (Å²) in [5.74, 6) is -0.325.